The molecule has 2 aromatic carbocycles. The molecule has 0 saturated carbocycles. The molecule has 0 atom stereocenters. The average Bonchev–Trinajstić information content (AvgIpc) is 3.03. The number of amides is 1. The third-order valence-electron chi connectivity index (χ3n) is 4.54. The standard InChI is InChI=1S/C23H20BrCl2NO4S2/c1-2-9-30-21(28)7-8-27-22(29)20(33-23(27)32)11-15-10-16(24)4-6-19(15)31-13-14-3-5-17(25)12-18(14)26/h3-6,10-12H,2,7-9,13H2,1H3/b20-11+. The number of benzene rings is 2. The summed E-state index contributed by atoms with van der Waals surface area (Å²) in [5, 5.41) is 1.06. The van der Waals surface area contributed by atoms with E-state index in [0.29, 0.717) is 37.2 Å². The zero-order chi connectivity index (χ0) is 24.0. The molecule has 1 amide bonds. The Morgan fingerprint density at radius 1 is 1.24 bits per heavy atom. The highest BCUT2D eigenvalue weighted by Gasteiger charge is 2.32. The normalized spacial score (nSPS) is 14.8. The van der Waals surface area contributed by atoms with E-state index in [1.807, 2.05) is 25.1 Å². The molecule has 5 nitrogen and oxygen atoms in total. The van der Waals surface area contributed by atoms with Crippen LogP contribution in [-0.4, -0.2) is 34.2 Å². The van der Waals surface area contributed by atoms with Crippen LogP contribution in [0.4, 0.5) is 0 Å². The summed E-state index contributed by atoms with van der Waals surface area (Å²) in [5.41, 5.74) is 1.49. The molecule has 0 aromatic heterocycles. The van der Waals surface area contributed by atoms with Crippen molar-refractivity contribution in [2.45, 2.75) is 26.4 Å². The Morgan fingerprint density at radius 3 is 2.76 bits per heavy atom. The van der Waals surface area contributed by atoms with Gasteiger partial charge in [-0.05, 0) is 42.8 Å². The monoisotopic (exact) mass is 587 g/mol. The van der Waals surface area contributed by atoms with Crippen LogP contribution in [-0.2, 0) is 20.9 Å². The maximum atomic E-state index is 12.9. The lowest BCUT2D eigenvalue weighted by Gasteiger charge is -2.14. The minimum atomic E-state index is -0.349. The van der Waals surface area contributed by atoms with Gasteiger partial charge in [-0.25, -0.2) is 0 Å². The number of hydrogen-bond donors (Lipinski definition) is 0. The molecule has 0 spiro atoms. The van der Waals surface area contributed by atoms with Gasteiger partial charge in [0.25, 0.3) is 5.91 Å². The van der Waals surface area contributed by atoms with Crippen molar-refractivity contribution in [1.82, 2.24) is 4.90 Å². The van der Waals surface area contributed by atoms with Crippen LogP contribution in [0.3, 0.4) is 0 Å². The van der Waals surface area contributed by atoms with Crippen molar-refractivity contribution in [3.8, 4) is 5.75 Å². The molecule has 174 valence electrons. The summed E-state index contributed by atoms with van der Waals surface area (Å²) in [6, 6.07) is 10.7. The fourth-order valence-corrected chi connectivity index (χ4v) is 5.02. The van der Waals surface area contributed by atoms with Crippen LogP contribution >= 0.6 is 63.1 Å². The van der Waals surface area contributed by atoms with Gasteiger partial charge in [0.15, 0.2) is 0 Å². The van der Waals surface area contributed by atoms with Gasteiger partial charge in [0.05, 0.1) is 17.9 Å². The molecule has 0 radical (unpaired) electrons. The van der Waals surface area contributed by atoms with Crippen molar-refractivity contribution in [2.24, 2.45) is 0 Å². The number of ether oxygens (including phenoxy) is 2. The van der Waals surface area contributed by atoms with E-state index in [9.17, 15) is 9.59 Å². The lowest BCUT2D eigenvalue weighted by atomic mass is 10.1. The maximum Gasteiger partial charge on any atom is 0.307 e. The van der Waals surface area contributed by atoms with E-state index >= 15 is 0 Å². The Bertz CT molecular complexity index is 1110. The van der Waals surface area contributed by atoms with Gasteiger partial charge in [0, 0.05) is 32.2 Å². The number of halogens is 3. The smallest absolute Gasteiger partial charge is 0.307 e. The molecule has 1 fully saturated rings. The first-order valence-corrected chi connectivity index (χ1v) is 12.8. The van der Waals surface area contributed by atoms with E-state index in [2.05, 4.69) is 15.9 Å². The maximum absolute atomic E-state index is 12.9. The molecule has 0 N–H and O–H groups in total. The molecule has 1 saturated heterocycles. The molecule has 0 bridgehead atoms. The lowest BCUT2D eigenvalue weighted by Crippen LogP contribution is -2.30. The summed E-state index contributed by atoms with van der Waals surface area (Å²) >= 11 is 22.2. The number of carbonyl (C=O) groups excluding carboxylic acids is 2. The Balaban J connectivity index is 1.74. The lowest BCUT2D eigenvalue weighted by molar-refractivity contribution is -0.143. The molecular weight excluding hydrogens is 569 g/mol. The molecular formula is C23H20BrCl2NO4S2. The van der Waals surface area contributed by atoms with Crippen LogP contribution in [0.5, 0.6) is 5.75 Å². The van der Waals surface area contributed by atoms with Crippen LogP contribution in [0, 0.1) is 0 Å². The second-order valence-electron chi connectivity index (χ2n) is 7.01. The van der Waals surface area contributed by atoms with Crippen molar-refractivity contribution in [3.05, 3.63) is 66.9 Å². The molecule has 10 heteroatoms. The van der Waals surface area contributed by atoms with Gasteiger partial charge >= 0.3 is 5.97 Å². The topological polar surface area (TPSA) is 55.8 Å². The number of rotatable bonds is 9. The molecule has 2 aromatic rings. The van der Waals surface area contributed by atoms with E-state index in [0.717, 1.165) is 16.5 Å². The van der Waals surface area contributed by atoms with Crippen LogP contribution in [0.2, 0.25) is 10.0 Å². The molecule has 1 aliphatic rings. The number of thiocarbonyl (C=S) groups is 1. The highest BCUT2D eigenvalue weighted by molar-refractivity contribution is 9.10. The molecule has 33 heavy (non-hydrogen) atoms. The SMILES string of the molecule is CCCOC(=O)CCN1C(=O)/C(=C\c2cc(Br)ccc2OCc2ccc(Cl)cc2Cl)SC1=S. The highest BCUT2D eigenvalue weighted by Crippen LogP contribution is 2.35. The second kappa shape index (κ2) is 12.2. The van der Waals surface area contributed by atoms with Crippen molar-refractivity contribution in [2.75, 3.05) is 13.2 Å². The number of carbonyl (C=O) groups is 2. The van der Waals surface area contributed by atoms with E-state index in [1.165, 1.54) is 16.7 Å². The van der Waals surface area contributed by atoms with Crippen LogP contribution < -0.4 is 4.74 Å². The molecule has 0 unspecified atom stereocenters. The summed E-state index contributed by atoms with van der Waals surface area (Å²) in [6.45, 7) is 2.70. The highest BCUT2D eigenvalue weighted by atomic mass is 79.9. The largest absolute Gasteiger partial charge is 0.488 e. The van der Waals surface area contributed by atoms with E-state index < -0.39 is 0 Å². The van der Waals surface area contributed by atoms with Crippen molar-refractivity contribution in [1.29, 1.82) is 0 Å². The predicted molar refractivity (Wildman–Crippen MR) is 141 cm³/mol. The van der Waals surface area contributed by atoms with Gasteiger partial charge in [-0.3, -0.25) is 14.5 Å². The van der Waals surface area contributed by atoms with Crippen LogP contribution in [0.25, 0.3) is 6.08 Å². The quantitative estimate of drug-likeness (QED) is 0.181. The van der Waals surface area contributed by atoms with Gasteiger partial charge in [-0.1, -0.05) is 76.1 Å². The van der Waals surface area contributed by atoms with E-state index in [4.69, 9.17) is 44.9 Å². The van der Waals surface area contributed by atoms with Crippen LogP contribution in [0.15, 0.2) is 45.8 Å². The minimum absolute atomic E-state index is 0.0901. The number of thioether (sulfide) groups is 1. The van der Waals surface area contributed by atoms with Crippen molar-refractivity contribution < 1.29 is 19.1 Å². The predicted octanol–water partition coefficient (Wildman–Crippen LogP) is 6.88. The fourth-order valence-electron chi connectivity index (χ4n) is 2.88. The average molecular weight is 589 g/mol. The molecule has 1 aliphatic heterocycles. The first-order chi connectivity index (χ1) is 15.8. The first-order valence-electron chi connectivity index (χ1n) is 10.1. The van der Waals surface area contributed by atoms with Crippen molar-refractivity contribution in [3.63, 3.8) is 0 Å². The Kier molecular flexibility index (Phi) is 9.64. The summed E-state index contributed by atoms with van der Waals surface area (Å²) in [6.07, 6.45) is 2.57. The Labute approximate surface area is 220 Å². The zero-order valence-electron chi connectivity index (χ0n) is 17.6. The second-order valence-corrected chi connectivity index (χ2v) is 10.4. The zero-order valence-corrected chi connectivity index (χ0v) is 22.3. The summed E-state index contributed by atoms with van der Waals surface area (Å²) in [5.74, 6) is -0.0176. The Hall–Kier alpha value is -1.58. The van der Waals surface area contributed by atoms with Gasteiger partial charge in [-0.2, -0.15) is 0 Å². The van der Waals surface area contributed by atoms with Gasteiger partial charge < -0.3 is 9.47 Å². The Morgan fingerprint density at radius 2 is 2.03 bits per heavy atom. The summed E-state index contributed by atoms with van der Waals surface area (Å²) < 4.78 is 12.3. The molecule has 1 heterocycles. The molecule has 3 rings (SSSR count). The molecule has 0 aliphatic carbocycles. The minimum Gasteiger partial charge on any atom is -0.488 e. The van der Waals surface area contributed by atoms with Gasteiger partial charge in [0.1, 0.15) is 16.7 Å². The summed E-state index contributed by atoms with van der Waals surface area (Å²) in [4.78, 5) is 26.6. The number of nitrogens with zero attached hydrogens (tertiary/aromatic N) is 1. The fraction of sp³-hybridized carbons (Fsp3) is 0.261. The summed E-state index contributed by atoms with van der Waals surface area (Å²) in [7, 11) is 0. The van der Waals surface area contributed by atoms with E-state index in [1.54, 1.807) is 24.3 Å². The van der Waals surface area contributed by atoms with Gasteiger partial charge in [0.2, 0.25) is 0 Å². The number of esters is 1. The third kappa shape index (κ3) is 7.20. The van der Waals surface area contributed by atoms with Crippen LogP contribution in [0.1, 0.15) is 30.9 Å². The third-order valence-corrected chi connectivity index (χ3v) is 6.99. The van der Waals surface area contributed by atoms with E-state index in [-0.39, 0.29) is 31.4 Å². The van der Waals surface area contributed by atoms with Crippen molar-refractivity contribution >= 4 is 85.4 Å². The van der Waals surface area contributed by atoms with Gasteiger partial charge in [-0.15, -0.1) is 0 Å². The number of hydrogen-bond acceptors (Lipinski definition) is 6. The first kappa shape index (κ1) is 26.0.